The molecule has 3 saturated carbocycles. The lowest BCUT2D eigenvalue weighted by Crippen LogP contribution is -2.71. The summed E-state index contributed by atoms with van der Waals surface area (Å²) in [6, 6.07) is 0. The van der Waals surface area contributed by atoms with E-state index in [2.05, 4.69) is 20.8 Å². The standard InChI is InChI=1S/C28H42O8/c1-13-10-22(35-25(33)17(13)12-29)15(3)19-7-6-18-14(2)20(8-9-26(18,19)5)27(34)23(31)11-21(30)24(32)28(27)16(4)36-28/h14-16,18-22,24,29-30,32,34H,6-12H2,1-5H3/t14-,15-,16+,18-,19+,20-,21-,22+,24-,26-,27+,28-/m0/s1. The van der Waals surface area contributed by atoms with Crippen LogP contribution in [0.1, 0.15) is 73.1 Å². The first-order valence-electron chi connectivity index (χ1n) is 13.6. The number of cyclic esters (lactones) is 1. The molecule has 3 aliphatic carbocycles. The molecule has 4 fully saturated rings. The van der Waals surface area contributed by atoms with Crippen molar-refractivity contribution in [1.82, 2.24) is 0 Å². The van der Waals surface area contributed by atoms with Gasteiger partial charge in [0.15, 0.2) is 17.0 Å². The summed E-state index contributed by atoms with van der Waals surface area (Å²) in [6.07, 6.45) is 0.476. The highest BCUT2D eigenvalue weighted by Crippen LogP contribution is 2.66. The number of hydrogen-bond donors (Lipinski definition) is 4. The van der Waals surface area contributed by atoms with E-state index in [1.807, 2.05) is 6.92 Å². The van der Waals surface area contributed by atoms with Crippen molar-refractivity contribution in [3.8, 4) is 0 Å². The average molecular weight is 507 g/mol. The molecule has 0 aromatic heterocycles. The molecule has 2 heterocycles. The minimum Gasteiger partial charge on any atom is -0.458 e. The quantitative estimate of drug-likeness (QED) is 0.335. The molecule has 12 atom stereocenters. The molecule has 0 radical (unpaired) electrons. The van der Waals surface area contributed by atoms with Crippen molar-refractivity contribution in [2.75, 3.05) is 6.61 Å². The highest BCUT2D eigenvalue weighted by atomic mass is 16.6. The van der Waals surface area contributed by atoms with Crippen LogP contribution >= 0.6 is 0 Å². The van der Waals surface area contributed by atoms with E-state index in [9.17, 15) is 30.0 Å². The van der Waals surface area contributed by atoms with Crippen LogP contribution in [0.4, 0.5) is 0 Å². The fraction of sp³-hybridized carbons (Fsp3) is 0.857. The number of esters is 1. The Bertz CT molecular complexity index is 977. The van der Waals surface area contributed by atoms with Crippen molar-refractivity contribution in [3.05, 3.63) is 11.1 Å². The van der Waals surface area contributed by atoms with Gasteiger partial charge in [0, 0.05) is 18.8 Å². The Balaban J connectivity index is 1.39. The van der Waals surface area contributed by atoms with Gasteiger partial charge in [0.05, 0.1) is 24.4 Å². The van der Waals surface area contributed by atoms with Crippen LogP contribution in [-0.2, 0) is 19.1 Å². The number of ketones is 1. The molecule has 202 valence electrons. The molecule has 1 spiro atoms. The number of ether oxygens (including phenoxy) is 2. The summed E-state index contributed by atoms with van der Waals surface area (Å²) < 4.78 is 11.6. The lowest BCUT2D eigenvalue weighted by Gasteiger charge is -2.55. The van der Waals surface area contributed by atoms with E-state index >= 15 is 0 Å². The van der Waals surface area contributed by atoms with Crippen LogP contribution < -0.4 is 0 Å². The maximum atomic E-state index is 13.3. The van der Waals surface area contributed by atoms with Crippen molar-refractivity contribution in [2.24, 2.45) is 35.0 Å². The largest absolute Gasteiger partial charge is 0.458 e. The van der Waals surface area contributed by atoms with Gasteiger partial charge in [0.2, 0.25) is 0 Å². The van der Waals surface area contributed by atoms with E-state index in [0.29, 0.717) is 24.3 Å². The number of hydrogen-bond acceptors (Lipinski definition) is 8. The molecule has 0 amide bonds. The van der Waals surface area contributed by atoms with Gasteiger partial charge in [-0.2, -0.15) is 0 Å². The van der Waals surface area contributed by atoms with Gasteiger partial charge in [-0.3, -0.25) is 4.79 Å². The number of Topliss-reactive ketones (excluding diaryl/α,β-unsaturated/α-hetero) is 1. The fourth-order valence-corrected chi connectivity index (χ4v) is 9.24. The first kappa shape index (κ1) is 26.3. The van der Waals surface area contributed by atoms with E-state index in [4.69, 9.17) is 9.47 Å². The summed E-state index contributed by atoms with van der Waals surface area (Å²) in [4.78, 5) is 25.8. The maximum absolute atomic E-state index is 13.3. The van der Waals surface area contributed by atoms with Gasteiger partial charge >= 0.3 is 5.97 Å². The second-order valence-corrected chi connectivity index (χ2v) is 12.7. The molecule has 4 N–H and O–H groups in total. The Morgan fingerprint density at radius 1 is 1.08 bits per heavy atom. The van der Waals surface area contributed by atoms with Crippen LogP contribution in [0.2, 0.25) is 0 Å². The molecule has 0 aromatic rings. The molecular formula is C28H42O8. The first-order valence-corrected chi connectivity index (χ1v) is 13.6. The minimum absolute atomic E-state index is 0.0159. The predicted octanol–water partition coefficient (Wildman–Crippen LogP) is 1.91. The van der Waals surface area contributed by atoms with Gasteiger partial charge in [-0.15, -0.1) is 0 Å². The third-order valence-electron chi connectivity index (χ3n) is 11.3. The molecule has 1 saturated heterocycles. The Labute approximate surface area is 213 Å². The Hall–Kier alpha value is -1.32. The van der Waals surface area contributed by atoms with E-state index in [0.717, 1.165) is 24.8 Å². The van der Waals surface area contributed by atoms with E-state index < -0.39 is 41.3 Å². The lowest BCUT2D eigenvalue weighted by atomic mass is 9.50. The number of epoxide rings is 1. The van der Waals surface area contributed by atoms with Crippen molar-refractivity contribution in [2.45, 2.75) is 109 Å². The first-order chi connectivity index (χ1) is 16.8. The van der Waals surface area contributed by atoms with Gasteiger partial charge in [-0.25, -0.2) is 4.79 Å². The molecule has 5 aliphatic rings. The fourth-order valence-electron chi connectivity index (χ4n) is 9.24. The maximum Gasteiger partial charge on any atom is 0.336 e. The molecule has 8 heteroatoms. The van der Waals surface area contributed by atoms with Crippen molar-refractivity contribution in [3.63, 3.8) is 0 Å². The minimum atomic E-state index is -1.82. The molecule has 0 aromatic carbocycles. The number of aliphatic hydroxyl groups excluding tert-OH is 3. The summed E-state index contributed by atoms with van der Waals surface area (Å²) in [6.45, 7) is 9.92. The summed E-state index contributed by atoms with van der Waals surface area (Å²) >= 11 is 0. The van der Waals surface area contributed by atoms with Gasteiger partial charge in [0.25, 0.3) is 0 Å². The van der Waals surface area contributed by atoms with Crippen LogP contribution in [0, 0.1) is 35.0 Å². The molecule has 8 nitrogen and oxygen atoms in total. The monoisotopic (exact) mass is 506 g/mol. The zero-order valence-corrected chi connectivity index (χ0v) is 22.1. The third kappa shape index (κ3) is 3.30. The van der Waals surface area contributed by atoms with Gasteiger partial charge in [0.1, 0.15) is 12.2 Å². The van der Waals surface area contributed by atoms with Crippen LogP contribution in [0.5, 0.6) is 0 Å². The van der Waals surface area contributed by atoms with Crippen LogP contribution in [0.15, 0.2) is 11.1 Å². The smallest absolute Gasteiger partial charge is 0.336 e. The molecule has 5 rings (SSSR count). The predicted molar refractivity (Wildman–Crippen MR) is 130 cm³/mol. The lowest BCUT2D eigenvalue weighted by molar-refractivity contribution is -0.205. The normalized spacial score (nSPS) is 51.8. The van der Waals surface area contributed by atoms with Crippen molar-refractivity contribution < 1.29 is 39.5 Å². The van der Waals surface area contributed by atoms with E-state index in [1.165, 1.54) is 0 Å². The Kier molecular flexibility index (Phi) is 6.28. The number of carbonyl (C=O) groups excluding carboxylic acids is 2. The third-order valence-corrected chi connectivity index (χ3v) is 11.3. The molecule has 36 heavy (non-hydrogen) atoms. The van der Waals surface area contributed by atoms with E-state index in [-0.39, 0.29) is 48.2 Å². The second-order valence-electron chi connectivity index (χ2n) is 12.7. The number of fused-ring (bicyclic) bond motifs is 1. The topological polar surface area (TPSA) is 137 Å². The zero-order valence-electron chi connectivity index (χ0n) is 22.1. The zero-order chi connectivity index (χ0) is 26.4. The van der Waals surface area contributed by atoms with Gasteiger partial charge in [-0.1, -0.05) is 26.3 Å². The van der Waals surface area contributed by atoms with Gasteiger partial charge < -0.3 is 29.9 Å². The summed E-state index contributed by atoms with van der Waals surface area (Å²) in [7, 11) is 0. The summed E-state index contributed by atoms with van der Waals surface area (Å²) in [5.74, 6) is -0.476. The number of aliphatic hydroxyl groups is 4. The summed E-state index contributed by atoms with van der Waals surface area (Å²) in [5.41, 5.74) is -2.04. The average Bonchev–Trinajstić information content (AvgIpc) is 3.37. The highest BCUT2D eigenvalue weighted by molar-refractivity contribution is 5.92. The van der Waals surface area contributed by atoms with Gasteiger partial charge in [-0.05, 0) is 68.6 Å². The van der Waals surface area contributed by atoms with Crippen molar-refractivity contribution in [1.29, 1.82) is 0 Å². The highest BCUT2D eigenvalue weighted by Gasteiger charge is 2.79. The van der Waals surface area contributed by atoms with Crippen molar-refractivity contribution >= 4 is 11.8 Å². The number of rotatable bonds is 4. The summed E-state index contributed by atoms with van der Waals surface area (Å²) in [5, 5.41) is 42.7. The number of carbonyl (C=O) groups is 2. The van der Waals surface area contributed by atoms with E-state index in [1.54, 1.807) is 6.92 Å². The SMILES string of the molecule is CC1=C(CO)C(=O)O[C@@H]([C@@H](C)[C@H]2CC[C@H]3[C@H](C)[C@@H]([C@@]4(O)C(=O)C[C@H](O)[C@H](O)[C@]45O[C@@H]5C)CC[C@]23C)C1. The van der Waals surface area contributed by atoms with Crippen LogP contribution in [0.3, 0.4) is 0 Å². The Morgan fingerprint density at radius 2 is 1.75 bits per heavy atom. The molecular weight excluding hydrogens is 464 g/mol. The van der Waals surface area contributed by atoms with Crippen LogP contribution in [-0.4, -0.2) is 74.4 Å². The second kappa shape index (κ2) is 8.60. The molecule has 2 aliphatic heterocycles. The molecule has 0 bridgehead atoms. The van der Waals surface area contributed by atoms with Crippen LogP contribution in [0.25, 0.3) is 0 Å². The Morgan fingerprint density at radius 3 is 2.33 bits per heavy atom. The molecule has 0 unspecified atom stereocenters.